The van der Waals surface area contributed by atoms with Crippen LogP contribution in [0.1, 0.15) is 51.4 Å². The van der Waals surface area contributed by atoms with Crippen LogP contribution in [0.5, 0.6) is 0 Å². The van der Waals surface area contributed by atoms with Gasteiger partial charge in [-0.2, -0.15) is 0 Å². The monoisotopic (exact) mass is 225 g/mol. The molecule has 0 radical (unpaired) electrons. The smallest absolute Gasteiger partial charge is 0.308 e. The Morgan fingerprint density at radius 1 is 1.12 bits per heavy atom. The summed E-state index contributed by atoms with van der Waals surface area (Å²) < 4.78 is 5.35. The minimum absolute atomic E-state index is 0.0494. The molecule has 16 heavy (non-hydrogen) atoms. The van der Waals surface area contributed by atoms with Crippen LogP contribution in [0.3, 0.4) is 0 Å². The molecule has 1 aliphatic heterocycles. The maximum absolute atomic E-state index is 11.6. The lowest BCUT2D eigenvalue weighted by Crippen LogP contribution is -2.35. The first-order chi connectivity index (χ1) is 7.86. The van der Waals surface area contributed by atoms with Crippen LogP contribution in [0.4, 0.5) is 0 Å². The fraction of sp³-hybridized carbons (Fsp3) is 0.923. The summed E-state index contributed by atoms with van der Waals surface area (Å²) in [4.78, 5) is 11.6. The van der Waals surface area contributed by atoms with E-state index in [9.17, 15) is 4.79 Å². The van der Waals surface area contributed by atoms with E-state index in [2.05, 4.69) is 5.32 Å². The highest BCUT2D eigenvalue weighted by atomic mass is 16.5. The Balaban J connectivity index is 1.57. The molecule has 1 atom stereocenters. The summed E-state index contributed by atoms with van der Waals surface area (Å²) in [7, 11) is 0. The lowest BCUT2D eigenvalue weighted by Gasteiger charge is -2.23. The van der Waals surface area contributed by atoms with Gasteiger partial charge in [0, 0.05) is 6.04 Å². The molecule has 0 aromatic rings. The van der Waals surface area contributed by atoms with Crippen molar-refractivity contribution in [3.8, 4) is 0 Å². The molecular formula is C13H23NO2. The second-order valence-electron chi connectivity index (χ2n) is 5.08. The molecule has 0 aromatic carbocycles. The molecule has 1 unspecified atom stereocenters. The maximum atomic E-state index is 11.6. The average molecular weight is 225 g/mol. The van der Waals surface area contributed by atoms with Crippen molar-refractivity contribution in [2.24, 2.45) is 5.92 Å². The first-order valence-corrected chi connectivity index (χ1v) is 6.76. The summed E-state index contributed by atoms with van der Waals surface area (Å²) in [5, 5.41) is 3.47. The second-order valence-corrected chi connectivity index (χ2v) is 5.08. The van der Waals surface area contributed by atoms with Crippen molar-refractivity contribution >= 4 is 5.97 Å². The number of nitrogens with one attached hydrogen (secondary N) is 1. The van der Waals surface area contributed by atoms with Crippen molar-refractivity contribution in [2.75, 3.05) is 13.2 Å². The van der Waals surface area contributed by atoms with E-state index in [4.69, 9.17) is 4.74 Å². The molecule has 2 rings (SSSR count). The zero-order chi connectivity index (χ0) is 11.2. The molecule has 1 heterocycles. The number of ether oxygens (including phenoxy) is 1. The maximum Gasteiger partial charge on any atom is 0.308 e. The van der Waals surface area contributed by atoms with E-state index < -0.39 is 0 Å². The van der Waals surface area contributed by atoms with Crippen molar-refractivity contribution < 1.29 is 9.53 Å². The molecule has 3 heteroatoms. The van der Waals surface area contributed by atoms with Crippen molar-refractivity contribution in [2.45, 2.75) is 57.4 Å². The first-order valence-electron chi connectivity index (χ1n) is 6.76. The van der Waals surface area contributed by atoms with Crippen LogP contribution in [0.25, 0.3) is 0 Å². The Kier molecular flexibility index (Phi) is 4.64. The number of hydrogen-bond donors (Lipinski definition) is 1. The zero-order valence-corrected chi connectivity index (χ0v) is 10.0. The van der Waals surface area contributed by atoms with Crippen molar-refractivity contribution in [3.05, 3.63) is 0 Å². The minimum atomic E-state index is 0.0494. The molecule has 1 N–H and O–H groups in total. The lowest BCUT2D eigenvalue weighted by atomic mass is 10.0. The third-order valence-electron chi connectivity index (χ3n) is 3.81. The normalized spacial score (nSPS) is 26.9. The van der Waals surface area contributed by atoms with Crippen molar-refractivity contribution in [3.63, 3.8) is 0 Å². The molecule has 2 fully saturated rings. The number of piperidine rings is 1. The minimum Gasteiger partial charge on any atom is -0.465 e. The predicted octanol–water partition coefficient (Wildman–Crippen LogP) is 2.25. The van der Waals surface area contributed by atoms with Gasteiger partial charge >= 0.3 is 5.97 Å². The Bertz CT molecular complexity index is 218. The second kappa shape index (κ2) is 6.24. The van der Waals surface area contributed by atoms with Gasteiger partial charge in [0.05, 0.1) is 12.5 Å². The van der Waals surface area contributed by atoms with E-state index in [0.717, 1.165) is 25.8 Å². The molecule has 1 saturated heterocycles. The summed E-state index contributed by atoms with van der Waals surface area (Å²) in [5.41, 5.74) is 0. The van der Waals surface area contributed by atoms with Gasteiger partial charge in [-0.3, -0.25) is 4.79 Å². The van der Waals surface area contributed by atoms with Gasteiger partial charge in [-0.1, -0.05) is 19.3 Å². The van der Waals surface area contributed by atoms with E-state index in [1.807, 2.05) is 0 Å². The highest BCUT2D eigenvalue weighted by molar-refractivity contribution is 5.72. The van der Waals surface area contributed by atoms with Crippen LogP contribution in [-0.2, 0) is 9.53 Å². The van der Waals surface area contributed by atoms with Gasteiger partial charge in [-0.15, -0.1) is 0 Å². The highest BCUT2D eigenvalue weighted by Crippen LogP contribution is 2.25. The summed E-state index contributed by atoms with van der Waals surface area (Å²) in [6.45, 7) is 1.73. The molecule has 0 aromatic heterocycles. The van der Waals surface area contributed by atoms with Crippen LogP contribution in [-0.4, -0.2) is 25.2 Å². The molecule has 92 valence electrons. The molecule has 2 aliphatic rings. The van der Waals surface area contributed by atoms with Crippen molar-refractivity contribution in [1.29, 1.82) is 0 Å². The van der Waals surface area contributed by atoms with Gasteiger partial charge in [-0.25, -0.2) is 0 Å². The van der Waals surface area contributed by atoms with Gasteiger partial charge in [-0.05, 0) is 38.6 Å². The Morgan fingerprint density at radius 2 is 1.88 bits per heavy atom. The van der Waals surface area contributed by atoms with Gasteiger partial charge in [0.25, 0.3) is 0 Å². The lowest BCUT2D eigenvalue weighted by molar-refractivity contribution is -0.148. The number of carbonyl (C=O) groups is 1. The summed E-state index contributed by atoms with van der Waals surface area (Å²) in [5.74, 6) is 0.257. The zero-order valence-electron chi connectivity index (χ0n) is 10.0. The Labute approximate surface area is 97.9 Å². The van der Waals surface area contributed by atoms with Crippen LogP contribution in [0.2, 0.25) is 0 Å². The summed E-state index contributed by atoms with van der Waals surface area (Å²) in [6, 6.07) is 0.574. The van der Waals surface area contributed by atoms with Crippen LogP contribution in [0.15, 0.2) is 0 Å². The average Bonchev–Trinajstić information content (AvgIpc) is 2.84. The van der Waals surface area contributed by atoms with E-state index in [1.165, 1.54) is 32.1 Å². The van der Waals surface area contributed by atoms with E-state index in [0.29, 0.717) is 12.6 Å². The van der Waals surface area contributed by atoms with Gasteiger partial charge < -0.3 is 10.1 Å². The summed E-state index contributed by atoms with van der Waals surface area (Å²) in [6.07, 6.45) is 9.31. The van der Waals surface area contributed by atoms with E-state index in [1.54, 1.807) is 0 Å². The molecule has 0 amide bonds. The third kappa shape index (κ3) is 3.48. The fourth-order valence-electron chi connectivity index (χ4n) is 2.75. The van der Waals surface area contributed by atoms with Crippen LogP contribution >= 0.6 is 0 Å². The summed E-state index contributed by atoms with van der Waals surface area (Å²) >= 11 is 0. The van der Waals surface area contributed by atoms with Crippen LogP contribution < -0.4 is 5.32 Å². The first kappa shape index (κ1) is 11.9. The Morgan fingerprint density at radius 3 is 2.56 bits per heavy atom. The van der Waals surface area contributed by atoms with Gasteiger partial charge in [0.2, 0.25) is 0 Å². The highest BCUT2D eigenvalue weighted by Gasteiger charge is 2.24. The number of hydrogen-bond acceptors (Lipinski definition) is 3. The molecule has 3 nitrogen and oxygen atoms in total. The predicted molar refractivity (Wildman–Crippen MR) is 63.2 cm³/mol. The molecule has 1 aliphatic carbocycles. The molecule has 0 spiro atoms. The SMILES string of the molecule is O=C(OCCC1CCCCN1)C1CCCC1. The fourth-order valence-corrected chi connectivity index (χ4v) is 2.75. The quantitative estimate of drug-likeness (QED) is 0.746. The topological polar surface area (TPSA) is 38.3 Å². The van der Waals surface area contributed by atoms with E-state index >= 15 is 0 Å². The van der Waals surface area contributed by atoms with Gasteiger partial charge in [0.1, 0.15) is 0 Å². The Hall–Kier alpha value is -0.570. The number of esters is 1. The molecule has 0 bridgehead atoms. The molecular weight excluding hydrogens is 202 g/mol. The van der Waals surface area contributed by atoms with E-state index in [-0.39, 0.29) is 11.9 Å². The third-order valence-corrected chi connectivity index (χ3v) is 3.81. The van der Waals surface area contributed by atoms with Crippen molar-refractivity contribution in [1.82, 2.24) is 5.32 Å². The standard InChI is InChI=1S/C13H23NO2/c15-13(11-5-1-2-6-11)16-10-8-12-7-3-4-9-14-12/h11-12,14H,1-10H2. The number of rotatable bonds is 4. The van der Waals surface area contributed by atoms with Gasteiger partial charge in [0.15, 0.2) is 0 Å². The van der Waals surface area contributed by atoms with Crippen LogP contribution in [0, 0.1) is 5.92 Å². The molecule has 1 saturated carbocycles. The number of carbonyl (C=O) groups excluding carboxylic acids is 1. The largest absolute Gasteiger partial charge is 0.465 e.